The molecule has 1 aromatic carbocycles. The summed E-state index contributed by atoms with van der Waals surface area (Å²) < 4.78 is 0. The maximum absolute atomic E-state index is 10.8. The van der Waals surface area contributed by atoms with Gasteiger partial charge in [-0.15, -0.1) is 0 Å². The summed E-state index contributed by atoms with van der Waals surface area (Å²) >= 11 is 0. The first kappa shape index (κ1) is 8.71. The molecule has 2 rings (SSSR count). The van der Waals surface area contributed by atoms with E-state index >= 15 is 0 Å². The van der Waals surface area contributed by atoms with Crippen LogP contribution >= 0.6 is 0 Å². The number of benzene rings is 1. The summed E-state index contributed by atoms with van der Waals surface area (Å²) in [7, 11) is 0. The lowest BCUT2D eigenvalue weighted by atomic mass is 10.1. The zero-order valence-electron chi connectivity index (χ0n) is 7.32. The zero-order valence-corrected chi connectivity index (χ0v) is 7.32. The van der Waals surface area contributed by atoms with E-state index in [0.717, 1.165) is 10.9 Å². The number of nitrogens with zero attached hydrogens (tertiary/aromatic N) is 1. The van der Waals surface area contributed by atoms with Crippen molar-refractivity contribution in [1.29, 1.82) is 0 Å². The van der Waals surface area contributed by atoms with Crippen LogP contribution in [0.15, 0.2) is 18.3 Å². The van der Waals surface area contributed by atoms with E-state index in [1.165, 1.54) is 6.07 Å². The van der Waals surface area contributed by atoms with E-state index < -0.39 is 5.97 Å². The van der Waals surface area contributed by atoms with Crippen molar-refractivity contribution in [3.05, 3.63) is 29.5 Å². The van der Waals surface area contributed by atoms with Crippen LogP contribution < -0.4 is 5.73 Å². The number of nitrogens with one attached hydrogen (secondary N) is 1. The third-order valence-corrected chi connectivity index (χ3v) is 2.16. The lowest BCUT2D eigenvalue weighted by Gasteiger charge is -2.01. The normalized spacial score (nSPS) is 10.6. The Morgan fingerprint density at radius 3 is 3.00 bits per heavy atom. The molecule has 5 heteroatoms. The van der Waals surface area contributed by atoms with E-state index in [-0.39, 0.29) is 5.56 Å². The minimum Gasteiger partial charge on any atom is -0.478 e. The Morgan fingerprint density at radius 1 is 1.57 bits per heavy atom. The fourth-order valence-electron chi connectivity index (χ4n) is 1.45. The Balaban J connectivity index is 2.78. The summed E-state index contributed by atoms with van der Waals surface area (Å²) in [6, 6.07) is 3.24. The SMILES string of the molecule is NCc1ccc(C(=O)O)c2[nH]ncc12. The molecule has 1 heterocycles. The molecule has 0 saturated carbocycles. The highest BCUT2D eigenvalue weighted by atomic mass is 16.4. The van der Waals surface area contributed by atoms with E-state index in [2.05, 4.69) is 10.2 Å². The Kier molecular flexibility index (Phi) is 1.94. The molecule has 5 nitrogen and oxygen atoms in total. The smallest absolute Gasteiger partial charge is 0.337 e. The summed E-state index contributed by atoms with van der Waals surface area (Å²) in [5.41, 5.74) is 7.15. The van der Waals surface area contributed by atoms with E-state index in [1.807, 2.05) is 0 Å². The second kappa shape index (κ2) is 3.12. The number of fused-ring (bicyclic) bond motifs is 1. The largest absolute Gasteiger partial charge is 0.478 e. The Bertz CT molecular complexity index is 490. The number of aromatic amines is 1. The van der Waals surface area contributed by atoms with E-state index in [9.17, 15) is 4.79 Å². The molecule has 0 aliphatic carbocycles. The molecule has 0 bridgehead atoms. The maximum Gasteiger partial charge on any atom is 0.337 e. The van der Waals surface area contributed by atoms with Crippen LogP contribution in [-0.4, -0.2) is 21.3 Å². The van der Waals surface area contributed by atoms with Crippen molar-refractivity contribution in [3.63, 3.8) is 0 Å². The van der Waals surface area contributed by atoms with Crippen LogP contribution in [0.25, 0.3) is 10.9 Å². The number of aromatic carboxylic acids is 1. The van der Waals surface area contributed by atoms with Crippen LogP contribution in [0.3, 0.4) is 0 Å². The number of hydrogen-bond donors (Lipinski definition) is 3. The molecule has 0 amide bonds. The van der Waals surface area contributed by atoms with Gasteiger partial charge in [-0.3, -0.25) is 5.10 Å². The van der Waals surface area contributed by atoms with Gasteiger partial charge in [0.2, 0.25) is 0 Å². The zero-order chi connectivity index (χ0) is 10.1. The minimum absolute atomic E-state index is 0.217. The third kappa shape index (κ3) is 1.14. The fourth-order valence-corrected chi connectivity index (χ4v) is 1.45. The van der Waals surface area contributed by atoms with Crippen LogP contribution in [0.1, 0.15) is 15.9 Å². The number of carboxylic acid groups (broad SMARTS) is 1. The van der Waals surface area contributed by atoms with Crippen LogP contribution in [0.2, 0.25) is 0 Å². The number of hydrogen-bond acceptors (Lipinski definition) is 3. The Morgan fingerprint density at radius 2 is 2.36 bits per heavy atom. The van der Waals surface area contributed by atoms with E-state index in [0.29, 0.717) is 12.1 Å². The molecular weight excluding hydrogens is 182 g/mol. The number of carboxylic acids is 1. The molecule has 4 N–H and O–H groups in total. The highest BCUT2D eigenvalue weighted by molar-refractivity contribution is 6.02. The first-order valence-corrected chi connectivity index (χ1v) is 4.12. The van der Waals surface area contributed by atoms with E-state index in [1.54, 1.807) is 12.3 Å². The summed E-state index contributed by atoms with van der Waals surface area (Å²) in [5.74, 6) is -0.970. The number of aromatic nitrogens is 2. The van der Waals surface area contributed by atoms with Crippen molar-refractivity contribution in [1.82, 2.24) is 10.2 Å². The monoisotopic (exact) mass is 191 g/mol. The van der Waals surface area contributed by atoms with Crippen molar-refractivity contribution >= 4 is 16.9 Å². The second-order valence-corrected chi connectivity index (χ2v) is 2.94. The fraction of sp³-hybridized carbons (Fsp3) is 0.111. The molecular formula is C9H9N3O2. The first-order chi connectivity index (χ1) is 6.74. The van der Waals surface area contributed by atoms with Crippen molar-refractivity contribution in [2.45, 2.75) is 6.54 Å². The van der Waals surface area contributed by atoms with Crippen LogP contribution in [0, 0.1) is 0 Å². The van der Waals surface area contributed by atoms with Gasteiger partial charge in [-0.1, -0.05) is 6.07 Å². The molecule has 0 spiro atoms. The van der Waals surface area contributed by atoms with Gasteiger partial charge < -0.3 is 10.8 Å². The molecule has 0 fully saturated rings. The van der Waals surface area contributed by atoms with Gasteiger partial charge in [0.25, 0.3) is 0 Å². The van der Waals surface area contributed by atoms with Gasteiger partial charge in [-0.2, -0.15) is 5.10 Å². The number of nitrogens with two attached hydrogens (primary N) is 1. The third-order valence-electron chi connectivity index (χ3n) is 2.16. The molecule has 0 atom stereocenters. The molecule has 72 valence electrons. The molecule has 0 saturated heterocycles. The van der Waals surface area contributed by atoms with Gasteiger partial charge in [0.05, 0.1) is 17.3 Å². The predicted octanol–water partition coefficient (Wildman–Crippen LogP) is 0.720. The highest BCUT2D eigenvalue weighted by Crippen LogP contribution is 2.20. The summed E-state index contributed by atoms with van der Waals surface area (Å²) in [5, 5.41) is 16.1. The van der Waals surface area contributed by atoms with Crippen LogP contribution in [0.4, 0.5) is 0 Å². The average Bonchev–Trinajstić information content (AvgIpc) is 2.64. The molecule has 1 aromatic heterocycles. The Hall–Kier alpha value is -1.88. The van der Waals surface area contributed by atoms with Gasteiger partial charge >= 0.3 is 5.97 Å². The number of carbonyl (C=O) groups is 1. The first-order valence-electron chi connectivity index (χ1n) is 4.12. The minimum atomic E-state index is -0.970. The molecule has 0 aliphatic rings. The van der Waals surface area contributed by atoms with Crippen molar-refractivity contribution in [2.75, 3.05) is 0 Å². The maximum atomic E-state index is 10.8. The Labute approximate surface area is 79.5 Å². The number of rotatable bonds is 2. The van der Waals surface area contributed by atoms with Gasteiger partial charge in [0.15, 0.2) is 0 Å². The lowest BCUT2D eigenvalue weighted by molar-refractivity contribution is 0.0699. The van der Waals surface area contributed by atoms with Crippen LogP contribution in [-0.2, 0) is 6.54 Å². The van der Waals surface area contributed by atoms with Crippen molar-refractivity contribution < 1.29 is 9.90 Å². The lowest BCUT2D eigenvalue weighted by Crippen LogP contribution is -2.01. The topological polar surface area (TPSA) is 92.0 Å². The molecule has 14 heavy (non-hydrogen) atoms. The second-order valence-electron chi connectivity index (χ2n) is 2.94. The number of H-pyrrole nitrogens is 1. The van der Waals surface area contributed by atoms with Gasteiger partial charge in [0.1, 0.15) is 0 Å². The predicted molar refractivity (Wildman–Crippen MR) is 50.9 cm³/mol. The molecule has 0 aliphatic heterocycles. The van der Waals surface area contributed by atoms with Gasteiger partial charge in [-0.25, -0.2) is 4.79 Å². The quantitative estimate of drug-likeness (QED) is 0.652. The van der Waals surface area contributed by atoms with Gasteiger partial charge in [0, 0.05) is 11.9 Å². The van der Waals surface area contributed by atoms with Crippen molar-refractivity contribution in [2.24, 2.45) is 5.73 Å². The molecule has 0 radical (unpaired) electrons. The average molecular weight is 191 g/mol. The van der Waals surface area contributed by atoms with Crippen molar-refractivity contribution in [3.8, 4) is 0 Å². The molecule has 2 aromatic rings. The summed E-state index contributed by atoms with van der Waals surface area (Å²) in [6.07, 6.45) is 1.59. The molecule has 0 unspecified atom stereocenters. The highest BCUT2D eigenvalue weighted by Gasteiger charge is 2.11. The van der Waals surface area contributed by atoms with Gasteiger partial charge in [-0.05, 0) is 11.6 Å². The van der Waals surface area contributed by atoms with Crippen LogP contribution in [0.5, 0.6) is 0 Å². The summed E-state index contributed by atoms with van der Waals surface area (Å²) in [4.78, 5) is 10.8. The standard InChI is InChI=1S/C9H9N3O2/c10-3-5-1-2-6(9(13)14)8-7(5)4-11-12-8/h1-2,4H,3,10H2,(H,11,12)(H,13,14). The summed E-state index contributed by atoms with van der Waals surface area (Å²) in [6.45, 7) is 0.371. The van der Waals surface area contributed by atoms with E-state index in [4.69, 9.17) is 10.8 Å².